The molecule has 1 unspecified atom stereocenters. The third-order valence-corrected chi connectivity index (χ3v) is 5.87. The van der Waals surface area contributed by atoms with Crippen LogP contribution in [0.4, 0.5) is 4.79 Å². The van der Waals surface area contributed by atoms with Crippen molar-refractivity contribution < 1.29 is 14.0 Å². The number of aromatic nitrogens is 1. The Labute approximate surface area is 158 Å². The molecule has 1 spiro atoms. The maximum absolute atomic E-state index is 12.4. The molecule has 1 saturated carbocycles. The standard InChI is InChI=1S/C20H26N4O3/c1-13(2)23-19(26)24-7-4-20(5-8-24)10-15(20)11-22-18(25)16-9-14-3-6-21-12-17(14)27-16/h3,6,9,12-13,15H,4-5,7-8,10-11H2,1-2H3,(H,22,25)(H,23,26). The Morgan fingerprint density at radius 1 is 1.37 bits per heavy atom. The molecule has 0 radical (unpaired) electrons. The number of rotatable bonds is 4. The van der Waals surface area contributed by atoms with Crippen LogP contribution in [0.1, 0.15) is 43.7 Å². The first-order chi connectivity index (χ1) is 13.0. The molecule has 1 aliphatic carbocycles. The van der Waals surface area contributed by atoms with Crippen molar-refractivity contribution in [1.29, 1.82) is 0 Å². The smallest absolute Gasteiger partial charge is 0.317 e. The van der Waals surface area contributed by atoms with Crippen LogP contribution in [0.2, 0.25) is 0 Å². The lowest BCUT2D eigenvalue weighted by molar-refractivity contribution is 0.0922. The predicted molar refractivity (Wildman–Crippen MR) is 101 cm³/mol. The van der Waals surface area contributed by atoms with Gasteiger partial charge in [-0.1, -0.05) is 0 Å². The fourth-order valence-corrected chi connectivity index (χ4v) is 4.13. The average Bonchev–Trinajstić information content (AvgIpc) is 3.12. The highest BCUT2D eigenvalue weighted by atomic mass is 16.3. The molecular formula is C20H26N4O3. The van der Waals surface area contributed by atoms with E-state index in [1.54, 1.807) is 18.5 Å². The van der Waals surface area contributed by atoms with E-state index in [9.17, 15) is 9.59 Å². The van der Waals surface area contributed by atoms with Crippen molar-refractivity contribution >= 4 is 22.9 Å². The van der Waals surface area contributed by atoms with E-state index >= 15 is 0 Å². The third kappa shape index (κ3) is 3.63. The molecule has 2 aromatic heterocycles. The topological polar surface area (TPSA) is 87.5 Å². The van der Waals surface area contributed by atoms with Gasteiger partial charge in [-0.25, -0.2) is 4.79 Å². The molecule has 0 bridgehead atoms. The number of nitrogens with zero attached hydrogens (tertiary/aromatic N) is 2. The van der Waals surface area contributed by atoms with Gasteiger partial charge in [-0.15, -0.1) is 0 Å². The quantitative estimate of drug-likeness (QED) is 0.866. The van der Waals surface area contributed by atoms with Crippen LogP contribution < -0.4 is 10.6 Å². The number of hydrogen-bond donors (Lipinski definition) is 2. The minimum Gasteiger partial charge on any atom is -0.449 e. The van der Waals surface area contributed by atoms with E-state index in [1.807, 2.05) is 24.8 Å². The van der Waals surface area contributed by atoms with Crippen LogP contribution in [-0.2, 0) is 0 Å². The molecule has 2 fully saturated rings. The molecule has 3 heterocycles. The van der Waals surface area contributed by atoms with Crippen LogP contribution in [0.3, 0.4) is 0 Å². The molecule has 2 aliphatic rings. The van der Waals surface area contributed by atoms with Gasteiger partial charge in [0.15, 0.2) is 11.3 Å². The molecule has 3 amide bonds. The molecule has 7 nitrogen and oxygen atoms in total. The molecule has 1 aliphatic heterocycles. The van der Waals surface area contributed by atoms with Gasteiger partial charge in [0, 0.05) is 37.3 Å². The number of furan rings is 1. The number of piperidine rings is 1. The summed E-state index contributed by atoms with van der Waals surface area (Å²) in [6.45, 7) is 6.19. The number of fused-ring (bicyclic) bond motifs is 1. The minimum absolute atomic E-state index is 0.0322. The van der Waals surface area contributed by atoms with E-state index in [-0.39, 0.29) is 18.0 Å². The number of pyridine rings is 1. The SMILES string of the molecule is CC(C)NC(=O)N1CCC2(CC1)CC2CNC(=O)c1cc2ccncc2o1. The molecule has 1 atom stereocenters. The number of urea groups is 1. The number of hydrogen-bond acceptors (Lipinski definition) is 4. The second-order valence-electron chi connectivity index (χ2n) is 8.09. The molecule has 2 aromatic rings. The van der Waals surface area contributed by atoms with Gasteiger partial charge in [-0.2, -0.15) is 0 Å². The second-order valence-corrected chi connectivity index (χ2v) is 8.09. The molecule has 144 valence electrons. The Balaban J connectivity index is 1.26. The molecular weight excluding hydrogens is 344 g/mol. The van der Waals surface area contributed by atoms with Crippen LogP contribution in [0.15, 0.2) is 28.9 Å². The Morgan fingerprint density at radius 3 is 2.85 bits per heavy atom. The van der Waals surface area contributed by atoms with Crippen molar-refractivity contribution in [2.75, 3.05) is 19.6 Å². The first-order valence-electron chi connectivity index (χ1n) is 9.64. The van der Waals surface area contributed by atoms with Crippen molar-refractivity contribution in [3.05, 3.63) is 30.3 Å². The zero-order valence-electron chi connectivity index (χ0n) is 15.8. The second kappa shape index (κ2) is 6.87. The summed E-state index contributed by atoms with van der Waals surface area (Å²) in [6.07, 6.45) is 6.44. The van der Waals surface area contributed by atoms with Crippen molar-refractivity contribution in [2.45, 2.75) is 39.2 Å². The first-order valence-corrected chi connectivity index (χ1v) is 9.64. The van der Waals surface area contributed by atoms with Gasteiger partial charge in [0.05, 0.1) is 6.20 Å². The normalized spacial score (nSPS) is 20.9. The Morgan fingerprint density at radius 2 is 2.15 bits per heavy atom. The highest BCUT2D eigenvalue weighted by Crippen LogP contribution is 2.59. The van der Waals surface area contributed by atoms with Crippen molar-refractivity contribution in [2.24, 2.45) is 11.3 Å². The van der Waals surface area contributed by atoms with E-state index in [4.69, 9.17) is 4.42 Å². The summed E-state index contributed by atoms with van der Waals surface area (Å²) in [7, 11) is 0. The lowest BCUT2D eigenvalue weighted by atomic mass is 9.91. The van der Waals surface area contributed by atoms with Gasteiger partial charge < -0.3 is 20.0 Å². The van der Waals surface area contributed by atoms with Crippen LogP contribution in [0.25, 0.3) is 11.0 Å². The van der Waals surface area contributed by atoms with Gasteiger partial charge in [-0.3, -0.25) is 9.78 Å². The summed E-state index contributed by atoms with van der Waals surface area (Å²) in [5, 5.41) is 6.84. The molecule has 2 N–H and O–H groups in total. The van der Waals surface area contributed by atoms with Crippen LogP contribution >= 0.6 is 0 Å². The molecule has 7 heteroatoms. The number of carbonyl (C=O) groups excluding carboxylic acids is 2. The Kier molecular flexibility index (Phi) is 4.53. The summed E-state index contributed by atoms with van der Waals surface area (Å²) < 4.78 is 5.57. The first kappa shape index (κ1) is 17.8. The Hall–Kier alpha value is -2.57. The van der Waals surface area contributed by atoms with Crippen molar-refractivity contribution in [1.82, 2.24) is 20.5 Å². The largest absolute Gasteiger partial charge is 0.449 e. The molecule has 4 rings (SSSR count). The van der Waals surface area contributed by atoms with E-state index in [0.717, 1.165) is 37.7 Å². The summed E-state index contributed by atoms with van der Waals surface area (Å²) in [4.78, 5) is 30.4. The predicted octanol–water partition coefficient (Wildman–Crippen LogP) is 2.78. The van der Waals surface area contributed by atoms with Crippen LogP contribution in [0, 0.1) is 11.3 Å². The minimum atomic E-state index is -0.179. The number of carbonyl (C=O) groups is 2. The van der Waals surface area contributed by atoms with Gasteiger partial charge in [0.1, 0.15) is 0 Å². The zero-order valence-corrected chi connectivity index (χ0v) is 15.8. The third-order valence-electron chi connectivity index (χ3n) is 5.87. The van der Waals surface area contributed by atoms with E-state index in [0.29, 0.717) is 29.2 Å². The van der Waals surface area contributed by atoms with E-state index < -0.39 is 0 Å². The average molecular weight is 370 g/mol. The summed E-state index contributed by atoms with van der Waals surface area (Å²) in [5.74, 6) is 0.637. The van der Waals surface area contributed by atoms with Gasteiger partial charge in [0.25, 0.3) is 5.91 Å². The number of likely N-dealkylation sites (tertiary alicyclic amines) is 1. The highest BCUT2D eigenvalue weighted by Gasteiger charge is 2.54. The summed E-state index contributed by atoms with van der Waals surface area (Å²) >= 11 is 0. The lowest BCUT2D eigenvalue weighted by Crippen LogP contribution is -2.47. The fourth-order valence-electron chi connectivity index (χ4n) is 4.13. The van der Waals surface area contributed by atoms with Crippen LogP contribution in [0.5, 0.6) is 0 Å². The van der Waals surface area contributed by atoms with Gasteiger partial charge >= 0.3 is 6.03 Å². The highest BCUT2D eigenvalue weighted by molar-refractivity contribution is 5.95. The Bertz CT molecular complexity index is 819. The lowest BCUT2D eigenvalue weighted by Gasteiger charge is -2.33. The van der Waals surface area contributed by atoms with E-state index in [2.05, 4.69) is 15.6 Å². The maximum Gasteiger partial charge on any atom is 0.317 e. The van der Waals surface area contributed by atoms with Crippen molar-refractivity contribution in [3.63, 3.8) is 0 Å². The summed E-state index contributed by atoms with van der Waals surface area (Å²) in [6, 6.07) is 3.77. The number of amides is 3. The van der Waals surface area contributed by atoms with Crippen LogP contribution in [-0.4, -0.2) is 47.5 Å². The number of nitrogens with one attached hydrogen (secondary N) is 2. The van der Waals surface area contributed by atoms with E-state index in [1.165, 1.54) is 0 Å². The maximum atomic E-state index is 12.4. The molecule has 27 heavy (non-hydrogen) atoms. The molecule has 1 saturated heterocycles. The van der Waals surface area contributed by atoms with Crippen molar-refractivity contribution in [3.8, 4) is 0 Å². The van der Waals surface area contributed by atoms with Gasteiger partial charge in [0.2, 0.25) is 0 Å². The summed E-state index contributed by atoms with van der Waals surface area (Å²) in [5.41, 5.74) is 0.914. The monoisotopic (exact) mass is 370 g/mol. The fraction of sp³-hybridized carbons (Fsp3) is 0.550. The van der Waals surface area contributed by atoms with Gasteiger partial charge in [-0.05, 0) is 56.6 Å². The molecule has 0 aromatic carbocycles. The zero-order chi connectivity index (χ0) is 19.0.